The van der Waals surface area contributed by atoms with Crippen LogP contribution in [0.25, 0.3) is 11.1 Å². The molecule has 2 aromatic carbocycles. The second kappa shape index (κ2) is 7.71. The summed E-state index contributed by atoms with van der Waals surface area (Å²) in [5, 5.41) is 5.58. The van der Waals surface area contributed by atoms with Crippen molar-refractivity contribution >= 4 is 39.2 Å². The van der Waals surface area contributed by atoms with E-state index in [1.54, 1.807) is 18.2 Å². The van der Waals surface area contributed by atoms with Crippen molar-refractivity contribution in [2.24, 2.45) is 11.5 Å². The molecule has 0 unspecified atom stereocenters. The van der Waals surface area contributed by atoms with Crippen molar-refractivity contribution < 1.29 is 14.4 Å². The minimum atomic E-state index is -0.826. The molecule has 0 aliphatic rings. The van der Waals surface area contributed by atoms with E-state index in [-0.39, 0.29) is 16.5 Å². The molecular formula is C19H16N4O3S. The highest BCUT2D eigenvalue weighted by molar-refractivity contribution is 7.20. The molecule has 3 rings (SSSR count). The molecule has 0 radical (unpaired) electrons. The van der Waals surface area contributed by atoms with Crippen LogP contribution >= 0.6 is 11.3 Å². The van der Waals surface area contributed by atoms with Gasteiger partial charge < -0.3 is 16.8 Å². The van der Waals surface area contributed by atoms with Crippen molar-refractivity contribution in [3.05, 3.63) is 71.8 Å². The van der Waals surface area contributed by atoms with E-state index in [4.69, 9.17) is 11.5 Å². The van der Waals surface area contributed by atoms with Crippen molar-refractivity contribution in [3.8, 4) is 11.1 Å². The molecule has 4 amide bonds. The van der Waals surface area contributed by atoms with Crippen LogP contribution < -0.4 is 22.1 Å². The van der Waals surface area contributed by atoms with Gasteiger partial charge in [0, 0.05) is 5.56 Å². The van der Waals surface area contributed by atoms with Crippen molar-refractivity contribution in [3.63, 3.8) is 0 Å². The average molecular weight is 380 g/mol. The summed E-state index contributed by atoms with van der Waals surface area (Å²) in [4.78, 5) is 35.1. The van der Waals surface area contributed by atoms with Gasteiger partial charge in [-0.1, -0.05) is 53.8 Å². The Balaban J connectivity index is 1.84. The van der Waals surface area contributed by atoms with Crippen LogP contribution in [0, 0.1) is 0 Å². The highest BCUT2D eigenvalue weighted by Gasteiger charge is 2.17. The second-order valence-electron chi connectivity index (χ2n) is 5.61. The SMILES string of the molecule is NC(=O)Nc1sc(NC(=O)c2cccc(-c3ccccc3)c2)cc1C(N)=O. The summed E-state index contributed by atoms with van der Waals surface area (Å²) in [5.41, 5.74) is 12.8. The molecule has 3 aromatic rings. The van der Waals surface area contributed by atoms with E-state index in [1.165, 1.54) is 6.07 Å². The Hall–Kier alpha value is -3.65. The van der Waals surface area contributed by atoms with E-state index >= 15 is 0 Å². The number of carbonyl (C=O) groups excluding carboxylic acids is 3. The Morgan fingerprint density at radius 2 is 1.52 bits per heavy atom. The molecule has 6 N–H and O–H groups in total. The first kappa shape index (κ1) is 18.2. The Morgan fingerprint density at radius 3 is 2.19 bits per heavy atom. The summed E-state index contributed by atoms with van der Waals surface area (Å²) in [6, 6.07) is 17.4. The Labute approximate surface area is 159 Å². The van der Waals surface area contributed by atoms with Crippen LogP contribution in [0.2, 0.25) is 0 Å². The monoisotopic (exact) mass is 380 g/mol. The topological polar surface area (TPSA) is 127 Å². The van der Waals surface area contributed by atoms with Gasteiger partial charge >= 0.3 is 6.03 Å². The molecule has 8 heteroatoms. The predicted octanol–water partition coefficient (Wildman–Crippen LogP) is 3.26. The highest BCUT2D eigenvalue weighted by Crippen LogP contribution is 2.32. The van der Waals surface area contributed by atoms with Crippen LogP contribution in [0.15, 0.2) is 60.7 Å². The van der Waals surface area contributed by atoms with Crippen LogP contribution in [-0.2, 0) is 0 Å². The van der Waals surface area contributed by atoms with Crippen molar-refractivity contribution in [1.29, 1.82) is 0 Å². The zero-order valence-corrected chi connectivity index (χ0v) is 14.9. The third kappa shape index (κ3) is 4.31. The molecule has 1 aromatic heterocycles. The fourth-order valence-corrected chi connectivity index (χ4v) is 3.46. The molecular weight excluding hydrogens is 364 g/mol. The van der Waals surface area contributed by atoms with Gasteiger partial charge in [0.05, 0.1) is 10.6 Å². The summed E-state index contributed by atoms with van der Waals surface area (Å²) in [6.07, 6.45) is 0. The number of benzene rings is 2. The van der Waals surface area contributed by atoms with Gasteiger partial charge in [0.15, 0.2) is 0 Å². The molecule has 0 bridgehead atoms. The van der Waals surface area contributed by atoms with Crippen LogP contribution in [0.3, 0.4) is 0 Å². The number of nitrogens with two attached hydrogens (primary N) is 2. The lowest BCUT2D eigenvalue weighted by Crippen LogP contribution is -2.21. The number of anilines is 2. The van der Waals surface area contributed by atoms with Gasteiger partial charge in [0.2, 0.25) is 0 Å². The van der Waals surface area contributed by atoms with Gasteiger partial charge in [0.1, 0.15) is 5.00 Å². The Bertz CT molecular complexity index is 1010. The zero-order valence-electron chi connectivity index (χ0n) is 14.1. The van der Waals surface area contributed by atoms with Crippen LogP contribution in [0.5, 0.6) is 0 Å². The van der Waals surface area contributed by atoms with Gasteiger partial charge in [-0.05, 0) is 29.3 Å². The van der Waals surface area contributed by atoms with E-state index in [1.807, 2.05) is 36.4 Å². The molecule has 1 heterocycles. The number of urea groups is 1. The number of rotatable bonds is 5. The number of hydrogen-bond donors (Lipinski definition) is 4. The fraction of sp³-hybridized carbons (Fsp3) is 0. The van der Waals surface area contributed by atoms with Crippen molar-refractivity contribution in [2.45, 2.75) is 0 Å². The number of thiophene rings is 1. The smallest absolute Gasteiger partial charge is 0.317 e. The normalized spacial score (nSPS) is 10.2. The quantitative estimate of drug-likeness (QED) is 0.542. The zero-order chi connectivity index (χ0) is 19.4. The number of primary amides is 2. The standard InChI is InChI=1S/C19H16N4O3S/c20-16(24)14-10-15(27-18(14)23-19(21)26)22-17(25)13-8-4-7-12(9-13)11-5-2-1-3-6-11/h1-10H,(H2,20,24)(H,22,25)(H3,21,23,26). The molecule has 0 saturated carbocycles. The van der Waals surface area contributed by atoms with E-state index in [0.717, 1.165) is 22.5 Å². The van der Waals surface area contributed by atoms with Crippen LogP contribution in [0.1, 0.15) is 20.7 Å². The van der Waals surface area contributed by atoms with Gasteiger partial charge in [-0.2, -0.15) is 0 Å². The highest BCUT2D eigenvalue weighted by atomic mass is 32.1. The summed E-state index contributed by atoms with van der Waals surface area (Å²) < 4.78 is 0. The molecule has 0 aliphatic carbocycles. The lowest BCUT2D eigenvalue weighted by Gasteiger charge is -2.06. The first-order valence-corrected chi connectivity index (χ1v) is 8.72. The molecule has 0 atom stereocenters. The molecule has 0 fully saturated rings. The van der Waals surface area contributed by atoms with Gasteiger partial charge in [-0.25, -0.2) is 4.79 Å². The third-order valence-corrected chi connectivity index (χ3v) is 4.67. The Morgan fingerprint density at radius 1 is 0.815 bits per heavy atom. The van der Waals surface area contributed by atoms with Crippen LogP contribution in [0.4, 0.5) is 14.8 Å². The van der Waals surface area contributed by atoms with Gasteiger partial charge in [-0.15, -0.1) is 0 Å². The molecule has 0 saturated heterocycles. The largest absolute Gasteiger partial charge is 0.366 e. The number of carbonyl (C=O) groups is 3. The van der Waals surface area contributed by atoms with E-state index in [2.05, 4.69) is 10.6 Å². The first-order chi connectivity index (χ1) is 12.9. The number of nitrogens with one attached hydrogen (secondary N) is 2. The lowest BCUT2D eigenvalue weighted by molar-refractivity contribution is 0.0997. The second-order valence-corrected chi connectivity index (χ2v) is 6.66. The first-order valence-electron chi connectivity index (χ1n) is 7.91. The molecule has 136 valence electrons. The van der Waals surface area contributed by atoms with Crippen molar-refractivity contribution in [2.75, 3.05) is 10.6 Å². The summed E-state index contributed by atoms with van der Waals surface area (Å²) in [5.74, 6) is -1.09. The third-order valence-electron chi connectivity index (χ3n) is 3.70. The van der Waals surface area contributed by atoms with Gasteiger partial charge in [0.25, 0.3) is 11.8 Å². The maximum absolute atomic E-state index is 12.6. The summed E-state index contributed by atoms with van der Waals surface area (Å²) in [6.45, 7) is 0. The molecule has 0 aliphatic heterocycles. The molecule has 7 nitrogen and oxygen atoms in total. The summed E-state index contributed by atoms with van der Waals surface area (Å²) in [7, 11) is 0. The van der Waals surface area contributed by atoms with Crippen molar-refractivity contribution in [1.82, 2.24) is 0 Å². The van der Waals surface area contributed by atoms with Gasteiger partial charge in [-0.3, -0.25) is 14.9 Å². The average Bonchev–Trinajstić information content (AvgIpc) is 3.04. The van der Waals surface area contributed by atoms with E-state index in [0.29, 0.717) is 10.6 Å². The minimum Gasteiger partial charge on any atom is -0.366 e. The van der Waals surface area contributed by atoms with E-state index < -0.39 is 11.9 Å². The lowest BCUT2D eigenvalue weighted by atomic mass is 10.0. The Kier molecular flexibility index (Phi) is 5.18. The number of amides is 4. The maximum atomic E-state index is 12.6. The van der Waals surface area contributed by atoms with Crippen LogP contribution in [-0.4, -0.2) is 17.8 Å². The maximum Gasteiger partial charge on any atom is 0.317 e. The fourth-order valence-electron chi connectivity index (χ4n) is 2.50. The molecule has 27 heavy (non-hydrogen) atoms. The molecule has 0 spiro atoms. The summed E-state index contributed by atoms with van der Waals surface area (Å²) >= 11 is 0.995. The van der Waals surface area contributed by atoms with E-state index in [9.17, 15) is 14.4 Å². The minimum absolute atomic E-state index is 0.0761. The number of hydrogen-bond acceptors (Lipinski definition) is 4. The predicted molar refractivity (Wildman–Crippen MR) is 106 cm³/mol.